The lowest BCUT2D eigenvalue weighted by Crippen LogP contribution is -2.30. The van der Waals surface area contributed by atoms with E-state index in [1.54, 1.807) is 6.20 Å². The second-order valence-corrected chi connectivity index (χ2v) is 4.05. The van der Waals surface area contributed by atoms with E-state index >= 15 is 0 Å². The quantitative estimate of drug-likeness (QED) is 0.799. The van der Waals surface area contributed by atoms with Crippen LogP contribution in [0, 0.1) is 0 Å². The molecule has 1 aliphatic heterocycles. The Kier molecular flexibility index (Phi) is 3.93. The first kappa shape index (κ1) is 11.1. The molecule has 1 atom stereocenters. The molecular weight excluding hydrogens is 206 g/mol. The summed E-state index contributed by atoms with van der Waals surface area (Å²) in [5.74, 6) is 0.0431. The molecule has 0 radical (unpaired) electrons. The summed E-state index contributed by atoms with van der Waals surface area (Å²) in [4.78, 5) is 11.6. The van der Waals surface area contributed by atoms with Gasteiger partial charge in [0, 0.05) is 12.8 Å². The predicted molar refractivity (Wildman–Crippen MR) is 58.6 cm³/mol. The van der Waals surface area contributed by atoms with Gasteiger partial charge >= 0.3 is 0 Å². The van der Waals surface area contributed by atoms with Gasteiger partial charge in [-0.2, -0.15) is 5.10 Å². The number of nitrogens with zero attached hydrogens (tertiary/aromatic N) is 1. The van der Waals surface area contributed by atoms with Crippen LogP contribution in [0.2, 0.25) is 0 Å². The number of aromatic amines is 1. The number of H-pyrrole nitrogens is 1. The zero-order chi connectivity index (χ0) is 11.2. The summed E-state index contributed by atoms with van der Waals surface area (Å²) < 4.78 is 5.50. The maximum absolute atomic E-state index is 11.6. The topological polar surface area (TPSA) is 67.0 Å². The molecule has 2 N–H and O–H groups in total. The fraction of sp³-hybridized carbons (Fsp3) is 0.636. The minimum atomic E-state index is 0.0431. The largest absolute Gasteiger partial charge is 0.378 e. The van der Waals surface area contributed by atoms with Crippen LogP contribution in [0.3, 0.4) is 0 Å². The van der Waals surface area contributed by atoms with Gasteiger partial charge in [-0.25, -0.2) is 0 Å². The summed E-state index contributed by atoms with van der Waals surface area (Å²) in [7, 11) is 0. The van der Waals surface area contributed by atoms with E-state index in [0.717, 1.165) is 25.1 Å². The van der Waals surface area contributed by atoms with E-state index in [1.165, 1.54) is 6.42 Å². The molecular formula is C11H17N3O2. The number of rotatable bonds is 4. The summed E-state index contributed by atoms with van der Waals surface area (Å²) in [5.41, 5.74) is 0.915. The van der Waals surface area contributed by atoms with Crippen molar-refractivity contribution < 1.29 is 9.53 Å². The van der Waals surface area contributed by atoms with Gasteiger partial charge in [0.05, 0.1) is 24.8 Å². The molecule has 5 nitrogen and oxygen atoms in total. The highest BCUT2D eigenvalue weighted by molar-refractivity contribution is 5.76. The minimum absolute atomic E-state index is 0.0431. The van der Waals surface area contributed by atoms with E-state index in [2.05, 4.69) is 15.5 Å². The Hall–Kier alpha value is -1.36. The molecule has 1 amide bonds. The van der Waals surface area contributed by atoms with Crippen molar-refractivity contribution in [2.45, 2.75) is 38.3 Å². The van der Waals surface area contributed by atoms with Crippen molar-refractivity contribution >= 4 is 5.91 Å². The number of carbonyl (C=O) groups excluding carboxylic acids is 1. The maximum atomic E-state index is 11.6. The SMILES string of the molecule is O=C(CC1CCCCO1)NCc1ccn[nH]1. The Labute approximate surface area is 94.6 Å². The van der Waals surface area contributed by atoms with Gasteiger partial charge in [-0.15, -0.1) is 0 Å². The van der Waals surface area contributed by atoms with Gasteiger partial charge in [0.2, 0.25) is 5.91 Å². The Morgan fingerprint density at radius 2 is 2.56 bits per heavy atom. The van der Waals surface area contributed by atoms with Crippen molar-refractivity contribution in [3.63, 3.8) is 0 Å². The molecule has 88 valence electrons. The Bertz CT molecular complexity index is 318. The van der Waals surface area contributed by atoms with E-state index < -0.39 is 0 Å². The fourth-order valence-electron chi connectivity index (χ4n) is 1.82. The van der Waals surface area contributed by atoms with Crippen molar-refractivity contribution in [3.05, 3.63) is 18.0 Å². The number of amides is 1. The Morgan fingerprint density at radius 3 is 3.25 bits per heavy atom. The van der Waals surface area contributed by atoms with Gasteiger partial charge in [-0.05, 0) is 25.3 Å². The van der Waals surface area contributed by atoms with E-state index in [-0.39, 0.29) is 12.0 Å². The van der Waals surface area contributed by atoms with Crippen LogP contribution in [0.1, 0.15) is 31.4 Å². The molecule has 1 aromatic rings. The molecule has 0 aromatic carbocycles. The smallest absolute Gasteiger partial charge is 0.222 e. The number of nitrogens with one attached hydrogen (secondary N) is 2. The average Bonchev–Trinajstić information content (AvgIpc) is 2.81. The summed E-state index contributed by atoms with van der Waals surface area (Å²) in [6.07, 6.45) is 5.53. The second-order valence-electron chi connectivity index (χ2n) is 4.05. The molecule has 1 aliphatic rings. The first-order valence-corrected chi connectivity index (χ1v) is 5.71. The molecule has 0 bridgehead atoms. The summed E-state index contributed by atoms with van der Waals surface area (Å²) in [5, 5.41) is 9.46. The third-order valence-corrected chi connectivity index (χ3v) is 2.72. The van der Waals surface area contributed by atoms with Crippen LogP contribution in [0.25, 0.3) is 0 Å². The Morgan fingerprint density at radius 1 is 1.62 bits per heavy atom. The van der Waals surface area contributed by atoms with E-state index in [9.17, 15) is 4.79 Å². The minimum Gasteiger partial charge on any atom is -0.378 e. The fourth-order valence-corrected chi connectivity index (χ4v) is 1.82. The highest BCUT2D eigenvalue weighted by Crippen LogP contribution is 2.15. The molecule has 1 fully saturated rings. The molecule has 0 spiro atoms. The van der Waals surface area contributed by atoms with Gasteiger partial charge in [-0.1, -0.05) is 0 Å². The van der Waals surface area contributed by atoms with Gasteiger partial charge < -0.3 is 10.1 Å². The molecule has 1 unspecified atom stereocenters. The lowest BCUT2D eigenvalue weighted by atomic mass is 10.1. The van der Waals surface area contributed by atoms with Crippen molar-refractivity contribution in [3.8, 4) is 0 Å². The van der Waals surface area contributed by atoms with E-state index in [1.807, 2.05) is 6.07 Å². The Balaban J connectivity index is 1.67. The van der Waals surface area contributed by atoms with E-state index in [0.29, 0.717) is 13.0 Å². The van der Waals surface area contributed by atoms with Crippen LogP contribution in [-0.2, 0) is 16.1 Å². The number of ether oxygens (including phenoxy) is 1. The maximum Gasteiger partial charge on any atom is 0.222 e. The van der Waals surface area contributed by atoms with Crippen LogP contribution in [0.4, 0.5) is 0 Å². The molecule has 2 heterocycles. The number of hydrogen-bond acceptors (Lipinski definition) is 3. The lowest BCUT2D eigenvalue weighted by Gasteiger charge is -2.21. The van der Waals surface area contributed by atoms with Crippen molar-refractivity contribution in [2.75, 3.05) is 6.61 Å². The summed E-state index contributed by atoms with van der Waals surface area (Å²) in [6.45, 7) is 1.30. The van der Waals surface area contributed by atoms with Crippen LogP contribution < -0.4 is 5.32 Å². The lowest BCUT2D eigenvalue weighted by molar-refractivity contribution is -0.125. The first-order chi connectivity index (χ1) is 7.84. The van der Waals surface area contributed by atoms with Crippen LogP contribution >= 0.6 is 0 Å². The van der Waals surface area contributed by atoms with E-state index in [4.69, 9.17) is 4.74 Å². The third kappa shape index (κ3) is 3.34. The molecule has 2 rings (SSSR count). The zero-order valence-electron chi connectivity index (χ0n) is 9.24. The molecule has 0 aliphatic carbocycles. The van der Waals surface area contributed by atoms with Gasteiger partial charge in [0.25, 0.3) is 0 Å². The summed E-state index contributed by atoms with van der Waals surface area (Å²) in [6, 6.07) is 1.84. The van der Waals surface area contributed by atoms with Gasteiger partial charge in [0.15, 0.2) is 0 Å². The van der Waals surface area contributed by atoms with Crippen LogP contribution in [0.15, 0.2) is 12.3 Å². The monoisotopic (exact) mass is 223 g/mol. The zero-order valence-corrected chi connectivity index (χ0v) is 9.24. The number of carbonyl (C=O) groups is 1. The average molecular weight is 223 g/mol. The highest BCUT2D eigenvalue weighted by atomic mass is 16.5. The third-order valence-electron chi connectivity index (χ3n) is 2.72. The summed E-state index contributed by atoms with van der Waals surface area (Å²) >= 11 is 0. The van der Waals surface area contributed by atoms with Crippen molar-refractivity contribution in [2.24, 2.45) is 0 Å². The van der Waals surface area contributed by atoms with Gasteiger partial charge in [-0.3, -0.25) is 9.89 Å². The predicted octanol–water partition coefficient (Wildman–Crippen LogP) is 0.985. The van der Waals surface area contributed by atoms with Crippen LogP contribution in [0.5, 0.6) is 0 Å². The van der Waals surface area contributed by atoms with Gasteiger partial charge in [0.1, 0.15) is 0 Å². The number of aromatic nitrogens is 2. The van der Waals surface area contributed by atoms with Crippen LogP contribution in [-0.4, -0.2) is 28.8 Å². The molecule has 1 aromatic heterocycles. The first-order valence-electron chi connectivity index (χ1n) is 5.71. The molecule has 16 heavy (non-hydrogen) atoms. The second kappa shape index (κ2) is 5.65. The number of hydrogen-bond donors (Lipinski definition) is 2. The normalized spacial score (nSPS) is 20.6. The molecule has 0 saturated carbocycles. The standard InChI is InChI=1S/C11H17N3O2/c15-11(7-10-3-1-2-6-16-10)12-8-9-4-5-13-14-9/h4-5,10H,1-3,6-8H2,(H,12,15)(H,13,14). The molecule has 5 heteroatoms. The van der Waals surface area contributed by atoms with Crippen molar-refractivity contribution in [1.82, 2.24) is 15.5 Å². The highest BCUT2D eigenvalue weighted by Gasteiger charge is 2.17. The van der Waals surface area contributed by atoms with Crippen molar-refractivity contribution in [1.29, 1.82) is 0 Å². The molecule has 1 saturated heterocycles.